The predicted octanol–water partition coefficient (Wildman–Crippen LogP) is 2.08. The zero-order valence-corrected chi connectivity index (χ0v) is 9.26. The van der Waals surface area contributed by atoms with Crippen LogP contribution in [0.5, 0.6) is 0 Å². The molecule has 0 fully saturated rings. The lowest BCUT2D eigenvalue weighted by Gasteiger charge is -2.00. The van der Waals surface area contributed by atoms with E-state index in [1.54, 1.807) is 0 Å². The molecular weight excluding hydrogens is 283 g/mol. The van der Waals surface area contributed by atoms with Gasteiger partial charge in [-0.3, -0.25) is 4.57 Å². The van der Waals surface area contributed by atoms with Gasteiger partial charge >= 0.3 is 5.82 Å². The fourth-order valence-corrected chi connectivity index (χ4v) is 1.42. The molecule has 8 heteroatoms. The predicted molar refractivity (Wildman–Crippen MR) is 55.7 cm³/mol. The average molecular weight is 287 g/mol. The minimum absolute atomic E-state index is 0.0381. The summed E-state index contributed by atoms with van der Waals surface area (Å²) in [5.41, 5.74) is 0. The Balaban J connectivity index is 2.46. The molecule has 6 nitrogen and oxygen atoms in total. The van der Waals surface area contributed by atoms with Crippen molar-refractivity contribution in [2.75, 3.05) is 0 Å². The summed E-state index contributed by atoms with van der Waals surface area (Å²) in [6.07, 6.45) is 3.63. The molecule has 82 valence electrons. The van der Waals surface area contributed by atoms with Crippen molar-refractivity contribution in [3.05, 3.63) is 45.2 Å². The van der Waals surface area contributed by atoms with E-state index in [9.17, 15) is 14.5 Å². The van der Waals surface area contributed by atoms with Crippen LogP contribution in [0.15, 0.2) is 29.3 Å². The third-order valence-corrected chi connectivity index (χ3v) is 2.22. The van der Waals surface area contributed by atoms with Gasteiger partial charge in [0.2, 0.25) is 6.33 Å². The molecule has 0 aliphatic carbocycles. The Bertz CT molecular complexity index is 557. The molecule has 0 spiro atoms. The van der Waals surface area contributed by atoms with Gasteiger partial charge in [-0.2, -0.15) is 0 Å². The first-order valence-electron chi connectivity index (χ1n) is 4.08. The number of hydrogen-bond acceptors (Lipinski definition) is 4. The first kappa shape index (κ1) is 10.7. The lowest BCUT2D eigenvalue weighted by Crippen LogP contribution is -1.98. The highest BCUT2D eigenvalue weighted by molar-refractivity contribution is 9.10. The molecule has 0 unspecified atom stereocenters. The molecular formula is C8H4BrFN4O2. The van der Waals surface area contributed by atoms with Crippen LogP contribution in [0.4, 0.5) is 10.2 Å². The maximum atomic E-state index is 13.4. The molecule has 0 atom stereocenters. The van der Waals surface area contributed by atoms with Crippen LogP contribution in [-0.4, -0.2) is 19.5 Å². The average Bonchev–Trinajstić information content (AvgIpc) is 2.66. The Morgan fingerprint density at radius 1 is 1.50 bits per heavy atom. The van der Waals surface area contributed by atoms with Gasteiger partial charge < -0.3 is 10.1 Å². The Hall–Kier alpha value is -1.83. The van der Waals surface area contributed by atoms with Gasteiger partial charge in [-0.25, -0.2) is 9.37 Å². The molecule has 2 aromatic rings. The highest BCUT2D eigenvalue weighted by Crippen LogP contribution is 2.17. The summed E-state index contributed by atoms with van der Waals surface area (Å²) in [5.74, 6) is -0.991. The normalized spacial score (nSPS) is 10.4. The van der Waals surface area contributed by atoms with Crippen LogP contribution in [0.1, 0.15) is 0 Å². The third kappa shape index (κ3) is 1.91. The Morgan fingerprint density at radius 2 is 2.25 bits per heavy atom. The van der Waals surface area contributed by atoms with Crippen molar-refractivity contribution in [2.45, 2.75) is 0 Å². The highest BCUT2D eigenvalue weighted by atomic mass is 79.9. The topological polar surface area (TPSA) is 73.8 Å². The van der Waals surface area contributed by atoms with Crippen LogP contribution in [0.3, 0.4) is 0 Å². The van der Waals surface area contributed by atoms with E-state index in [2.05, 4.69) is 25.9 Å². The minimum atomic E-state index is -0.659. The highest BCUT2D eigenvalue weighted by Gasteiger charge is 2.14. The Morgan fingerprint density at radius 3 is 2.81 bits per heavy atom. The molecule has 0 saturated carbocycles. The maximum Gasteiger partial charge on any atom is 0.381 e. The van der Waals surface area contributed by atoms with Gasteiger partial charge in [0.25, 0.3) is 0 Å². The molecule has 0 radical (unpaired) electrons. The van der Waals surface area contributed by atoms with Crippen molar-refractivity contribution in [2.24, 2.45) is 0 Å². The summed E-state index contributed by atoms with van der Waals surface area (Å²) < 4.78 is 15.1. The zero-order valence-electron chi connectivity index (χ0n) is 7.67. The number of nitrogens with zero attached hydrogens (tertiary/aromatic N) is 4. The van der Waals surface area contributed by atoms with E-state index in [0.29, 0.717) is 4.47 Å². The number of aromatic nitrogens is 3. The number of halogens is 2. The minimum Gasteiger partial charge on any atom is -0.358 e. The molecule has 0 aliphatic rings. The Kier molecular flexibility index (Phi) is 2.65. The van der Waals surface area contributed by atoms with E-state index in [-0.39, 0.29) is 11.6 Å². The molecule has 2 aromatic heterocycles. The van der Waals surface area contributed by atoms with Crippen LogP contribution in [0.2, 0.25) is 0 Å². The molecule has 0 aliphatic heterocycles. The SMILES string of the molecule is O=[N+]([O-])c1cn(-c2ncc(Br)cc2F)cn1. The summed E-state index contributed by atoms with van der Waals surface area (Å²) >= 11 is 3.06. The molecule has 0 aromatic carbocycles. The number of hydrogen-bond donors (Lipinski definition) is 0. The Labute approximate surface area is 97.0 Å². The van der Waals surface area contributed by atoms with Crippen LogP contribution in [-0.2, 0) is 0 Å². The number of imidazole rings is 1. The van der Waals surface area contributed by atoms with Gasteiger partial charge in [0.05, 0.1) is 0 Å². The van der Waals surface area contributed by atoms with Crippen molar-refractivity contribution in [1.29, 1.82) is 0 Å². The van der Waals surface area contributed by atoms with Gasteiger partial charge in [0.1, 0.15) is 6.20 Å². The summed E-state index contributed by atoms with van der Waals surface area (Å²) in [7, 11) is 0. The van der Waals surface area contributed by atoms with E-state index in [4.69, 9.17) is 0 Å². The quantitative estimate of drug-likeness (QED) is 0.626. The summed E-state index contributed by atoms with van der Waals surface area (Å²) in [6.45, 7) is 0. The van der Waals surface area contributed by atoms with Crippen molar-refractivity contribution < 1.29 is 9.31 Å². The van der Waals surface area contributed by atoms with Crippen molar-refractivity contribution in [1.82, 2.24) is 14.5 Å². The second-order valence-electron chi connectivity index (χ2n) is 2.86. The van der Waals surface area contributed by atoms with E-state index < -0.39 is 10.7 Å². The molecule has 2 rings (SSSR count). The van der Waals surface area contributed by atoms with Crippen LogP contribution < -0.4 is 0 Å². The molecule has 0 saturated heterocycles. The van der Waals surface area contributed by atoms with E-state index in [1.807, 2.05) is 0 Å². The fraction of sp³-hybridized carbons (Fsp3) is 0. The van der Waals surface area contributed by atoms with Gasteiger partial charge in [0, 0.05) is 10.7 Å². The van der Waals surface area contributed by atoms with E-state index in [1.165, 1.54) is 12.3 Å². The van der Waals surface area contributed by atoms with Crippen molar-refractivity contribution in [3.63, 3.8) is 0 Å². The molecule has 0 bridgehead atoms. The van der Waals surface area contributed by atoms with E-state index in [0.717, 1.165) is 17.1 Å². The van der Waals surface area contributed by atoms with Crippen LogP contribution in [0.25, 0.3) is 5.82 Å². The van der Waals surface area contributed by atoms with E-state index >= 15 is 0 Å². The molecule has 0 amide bonds. The zero-order chi connectivity index (χ0) is 11.7. The summed E-state index contributed by atoms with van der Waals surface area (Å²) in [4.78, 5) is 17.0. The van der Waals surface area contributed by atoms with Crippen LogP contribution >= 0.6 is 15.9 Å². The number of pyridine rings is 1. The van der Waals surface area contributed by atoms with Gasteiger partial charge in [-0.1, -0.05) is 0 Å². The van der Waals surface area contributed by atoms with Crippen LogP contribution in [0, 0.1) is 15.9 Å². The first-order valence-corrected chi connectivity index (χ1v) is 4.87. The fourth-order valence-electron chi connectivity index (χ4n) is 1.12. The second-order valence-corrected chi connectivity index (χ2v) is 3.77. The molecule has 16 heavy (non-hydrogen) atoms. The monoisotopic (exact) mass is 286 g/mol. The van der Waals surface area contributed by atoms with Gasteiger partial charge in [-0.15, -0.1) is 0 Å². The first-order chi connectivity index (χ1) is 7.58. The number of nitro groups is 1. The van der Waals surface area contributed by atoms with Gasteiger partial charge in [-0.05, 0) is 31.9 Å². The molecule has 2 heterocycles. The lowest BCUT2D eigenvalue weighted by molar-refractivity contribution is -0.389. The molecule has 0 N–H and O–H groups in total. The van der Waals surface area contributed by atoms with Crippen molar-refractivity contribution in [3.8, 4) is 5.82 Å². The van der Waals surface area contributed by atoms with Gasteiger partial charge in [0.15, 0.2) is 11.6 Å². The smallest absolute Gasteiger partial charge is 0.358 e. The largest absolute Gasteiger partial charge is 0.381 e. The van der Waals surface area contributed by atoms with Crippen molar-refractivity contribution >= 4 is 21.7 Å². The lowest BCUT2D eigenvalue weighted by atomic mass is 10.4. The standard InChI is InChI=1S/C8H4BrFN4O2/c9-5-1-6(10)8(11-2-5)13-3-7(12-4-13)14(15)16/h1-4H. The third-order valence-electron chi connectivity index (χ3n) is 1.79. The summed E-state index contributed by atoms with van der Waals surface area (Å²) in [5, 5.41) is 10.4. The summed E-state index contributed by atoms with van der Waals surface area (Å²) in [6, 6.07) is 1.22. The number of rotatable bonds is 2. The maximum absolute atomic E-state index is 13.4. The second kappa shape index (κ2) is 3.97.